The van der Waals surface area contributed by atoms with Crippen LogP contribution in [0.5, 0.6) is 0 Å². The molecule has 20 heavy (non-hydrogen) atoms. The minimum absolute atomic E-state index is 0.0299. The largest absolute Gasteiger partial charge is 0.393 e. The van der Waals surface area contributed by atoms with Gasteiger partial charge in [-0.15, -0.1) is 0 Å². The average molecular weight is 276 g/mol. The van der Waals surface area contributed by atoms with Crippen molar-refractivity contribution in [1.29, 1.82) is 0 Å². The van der Waals surface area contributed by atoms with Gasteiger partial charge in [0.25, 0.3) is 0 Å². The Balaban J connectivity index is 1.58. The molecule has 3 unspecified atom stereocenters. The number of carbonyl (C=O) groups excluding carboxylic acids is 1. The Labute approximate surface area is 122 Å². The number of aliphatic hydroxyl groups excluding tert-OH is 1. The molecule has 4 aliphatic rings. The van der Waals surface area contributed by atoms with E-state index in [1.54, 1.807) is 0 Å². The molecule has 1 N–H and O–H groups in total. The summed E-state index contributed by atoms with van der Waals surface area (Å²) in [5, 5.41) is 9.93. The molecule has 0 amide bonds. The van der Waals surface area contributed by atoms with E-state index >= 15 is 0 Å². The molecule has 4 aliphatic carbocycles. The van der Waals surface area contributed by atoms with Crippen LogP contribution in [0.4, 0.5) is 0 Å². The Hall–Kier alpha value is -0.370. The minimum atomic E-state index is -0.0327. The topological polar surface area (TPSA) is 37.3 Å². The molecule has 4 saturated carbocycles. The number of Topliss-reactive ketones (excluding diaryl/α,β-unsaturated/α-hetero) is 1. The van der Waals surface area contributed by atoms with Crippen LogP contribution in [0.25, 0.3) is 0 Å². The molecular weight excluding hydrogens is 248 g/mol. The van der Waals surface area contributed by atoms with Gasteiger partial charge in [0, 0.05) is 11.8 Å². The van der Waals surface area contributed by atoms with Crippen LogP contribution in [0, 0.1) is 35.0 Å². The summed E-state index contributed by atoms with van der Waals surface area (Å²) in [6.45, 7) is 2.26. The zero-order chi connectivity index (χ0) is 13.9. The molecule has 0 aliphatic heterocycles. The molecule has 0 aromatic heterocycles. The predicted octanol–water partition coefficient (Wildman–Crippen LogP) is 3.57. The smallest absolute Gasteiger partial charge is 0.139 e. The van der Waals surface area contributed by atoms with Crippen LogP contribution >= 0.6 is 0 Å². The molecule has 0 heterocycles. The highest BCUT2D eigenvalue weighted by Gasteiger charge is 2.56. The van der Waals surface area contributed by atoms with Gasteiger partial charge >= 0.3 is 0 Å². The summed E-state index contributed by atoms with van der Waals surface area (Å²) < 4.78 is 0. The number of hydrogen-bond donors (Lipinski definition) is 1. The maximum atomic E-state index is 12.3. The van der Waals surface area contributed by atoms with Crippen LogP contribution in [0.2, 0.25) is 0 Å². The highest BCUT2D eigenvalue weighted by molar-refractivity contribution is 5.87. The monoisotopic (exact) mass is 276 g/mol. The van der Waals surface area contributed by atoms with E-state index < -0.39 is 0 Å². The summed E-state index contributed by atoms with van der Waals surface area (Å²) in [6, 6.07) is 0. The summed E-state index contributed by atoms with van der Waals surface area (Å²) in [5.41, 5.74) is 0.0299. The van der Waals surface area contributed by atoms with E-state index in [2.05, 4.69) is 6.92 Å². The highest BCUT2D eigenvalue weighted by atomic mass is 16.3. The number of carbonyl (C=O) groups is 1. The van der Waals surface area contributed by atoms with Crippen LogP contribution in [0.1, 0.15) is 64.7 Å². The molecule has 7 atom stereocenters. The van der Waals surface area contributed by atoms with Crippen molar-refractivity contribution in [3.63, 3.8) is 0 Å². The van der Waals surface area contributed by atoms with Crippen molar-refractivity contribution < 1.29 is 9.90 Å². The lowest BCUT2D eigenvalue weighted by Gasteiger charge is -2.54. The maximum Gasteiger partial charge on any atom is 0.139 e. The Bertz CT molecular complexity index is 418. The van der Waals surface area contributed by atoms with Crippen molar-refractivity contribution in [2.45, 2.75) is 70.8 Å². The third kappa shape index (κ3) is 1.76. The van der Waals surface area contributed by atoms with E-state index in [1.165, 1.54) is 25.7 Å². The summed E-state index contributed by atoms with van der Waals surface area (Å²) >= 11 is 0. The van der Waals surface area contributed by atoms with E-state index in [-0.39, 0.29) is 11.5 Å². The zero-order valence-corrected chi connectivity index (χ0v) is 12.7. The maximum absolute atomic E-state index is 12.3. The average Bonchev–Trinajstić information content (AvgIpc) is 2.74. The van der Waals surface area contributed by atoms with Crippen molar-refractivity contribution >= 4 is 5.78 Å². The first-order valence-corrected chi connectivity index (χ1v) is 8.81. The minimum Gasteiger partial charge on any atom is -0.393 e. The SMILES string of the molecule is C[C@@]12CC[C@H]3[C@@H]4CCC(O)CC4CC[C@@H]3C1CCC2=O. The van der Waals surface area contributed by atoms with Crippen LogP contribution in [0.15, 0.2) is 0 Å². The first-order valence-electron chi connectivity index (χ1n) is 8.81. The summed E-state index contributed by atoms with van der Waals surface area (Å²) in [4.78, 5) is 12.3. The molecule has 0 aromatic carbocycles. The molecule has 0 bridgehead atoms. The van der Waals surface area contributed by atoms with Gasteiger partial charge in [-0.3, -0.25) is 4.79 Å². The van der Waals surface area contributed by atoms with Crippen LogP contribution in [0.3, 0.4) is 0 Å². The van der Waals surface area contributed by atoms with Gasteiger partial charge in [-0.1, -0.05) is 6.92 Å². The van der Waals surface area contributed by atoms with Crippen LogP contribution < -0.4 is 0 Å². The summed E-state index contributed by atoms with van der Waals surface area (Å²) in [5.74, 6) is 4.56. The van der Waals surface area contributed by atoms with E-state index in [0.29, 0.717) is 11.7 Å². The Morgan fingerprint density at radius 1 is 1.00 bits per heavy atom. The van der Waals surface area contributed by atoms with Gasteiger partial charge in [0.15, 0.2) is 0 Å². The van der Waals surface area contributed by atoms with Gasteiger partial charge in [0.2, 0.25) is 0 Å². The molecule has 4 fully saturated rings. The summed E-state index contributed by atoms with van der Waals surface area (Å²) in [6.07, 6.45) is 10.3. The van der Waals surface area contributed by atoms with Crippen LogP contribution in [-0.2, 0) is 4.79 Å². The van der Waals surface area contributed by atoms with E-state index in [9.17, 15) is 9.90 Å². The fourth-order valence-electron chi connectivity index (χ4n) is 6.60. The molecule has 4 rings (SSSR count). The molecule has 0 aromatic rings. The van der Waals surface area contributed by atoms with Crippen molar-refractivity contribution in [2.24, 2.45) is 35.0 Å². The molecule has 0 saturated heterocycles. The Morgan fingerprint density at radius 3 is 2.65 bits per heavy atom. The first kappa shape index (κ1) is 13.3. The third-order valence-corrected chi connectivity index (χ3v) is 7.64. The standard InChI is InChI=1S/C18H28O2/c1-18-9-8-14-13-5-3-12(19)10-11(13)2-4-15(14)16(18)6-7-17(18)20/h11-16,19H,2-10H2,1H3/t11?,12?,13-,14+,15+,16?,18-/m1/s1. The van der Waals surface area contributed by atoms with Crippen molar-refractivity contribution in [3.05, 3.63) is 0 Å². The number of fused-ring (bicyclic) bond motifs is 5. The molecule has 112 valence electrons. The number of rotatable bonds is 0. The van der Waals surface area contributed by atoms with Gasteiger partial charge in [0.1, 0.15) is 5.78 Å². The quantitative estimate of drug-likeness (QED) is 0.734. The van der Waals surface area contributed by atoms with E-state index in [0.717, 1.165) is 55.8 Å². The molecular formula is C18H28O2. The van der Waals surface area contributed by atoms with Crippen molar-refractivity contribution in [3.8, 4) is 0 Å². The number of hydrogen-bond acceptors (Lipinski definition) is 2. The zero-order valence-electron chi connectivity index (χ0n) is 12.7. The lowest BCUT2D eigenvalue weighted by molar-refractivity contribution is -0.133. The van der Waals surface area contributed by atoms with E-state index in [1.807, 2.05) is 0 Å². The molecule has 2 heteroatoms. The summed E-state index contributed by atoms with van der Waals surface area (Å²) in [7, 11) is 0. The second kappa shape index (κ2) is 4.56. The van der Waals surface area contributed by atoms with Gasteiger partial charge in [0.05, 0.1) is 6.10 Å². The van der Waals surface area contributed by atoms with Gasteiger partial charge in [-0.05, 0) is 81.0 Å². The molecule has 0 radical (unpaired) electrons. The highest BCUT2D eigenvalue weighted by Crippen LogP contribution is 2.61. The fraction of sp³-hybridized carbons (Fsp3) is 0.944. The number of aliphatic hydroxyl groups is 1. The van der Waals surface area contributed by atoms with Crippen molar-refractivity contribution in [1.82, 2.24) is 0 Å². The Kier molecular flexibility index (Phi) is 3.03. The predicted molar refractivity (Wildman–Crippen MR) is 78.1 cm³/mol. The lowest BCUT2D eigenvalue weighted by Crippen LogP contribution is -2.49. The normalized spacial score (nSPS) is 55.0. The second-order valence-electron chi connectivity index (χ2n) is 8.32. The lowest BCUT2D eigenvalue weighted by atomic mass is 9.50. The number of ketones is 1. The van der Waals surface area contributed by atoms with Crippen LogP contribution in [-0.4, -0.2) is 17.0 Å². The Morgan fingerprint density at radius 2 is 1.80 bits per heavy atom. The third-order valence-electron chi connectivity index (χ3n) is 7.64. The molecule has 0 spiro atoms. The van der Waals surface area contributed by atoms with Gasteiger partial charge in [-0.25, -0.2) is 0 Å². The fourth-order valence-corrected chi connectivity index (χ4v) is 6.60. The first-order chi connectivity index (χ1) is 9.59. The second-order valence-corrected chi connectivity index (χ2v) is 8.32. The molecule has 2 nitrogen and oxygen atoms in total. The van der Waals surface area contributed by atoms with Crippen molar-refractivity contribution in [2.75, 3.05) is 0 Å². The van der Waals surface area contributed by atoms with Gasteiger partial charge < -0.3 is 5.11 Å². The van der Waals surface area contributed by atoms with Gasteiger partial charge in [-0.2, -0.15) is 0 Å². The van der Waals surface area contributed by atoms with E-state index in [4.69, 9.17) is 0 Å².